The predicted octanol–water partition coefficient (Wildman–Crippen LogP) is 16.7. The third kappa shape index (κ3) is 9.42. The molecule has 4 heterocycles. The molecule has 1 aliphatic heterocycles. The summed E-state index contributed by atoms with van der Waals surface area (Å²) in [6.07, 6.45) is 3.65. The average Bonchev–Trinajstić information content (AvgIpc) is 0.964. The van der Waals surface area contributed by atoms with Crippen molar-refractivity contribution in [1.82, 2.24) is 14.1 Å². The Bertz CT molecular complexity index is 5920. The third-order valence-corrected chi connectivity index (χ3v) is 20.4. The molecule has 11 aromatic carbocycles. The first kappa shape index (κ1) is 37.2. The third-order valence-electron chi connectivity index (χ3n) is 16.2. The first-order chi connectivity index (χ1) is 50.2. The quantitative estimate of drug-likeness (QED) is 0.0625. The van der Waals surface area contributed by atoms with E-state index in [4.69, 9.17) is 17.9 Å². The molecule has 7 heteroatoms. The Morgan fingerprint density at radius 2 is 1.09 bits per heavy atom. The van der Waals surface area contributed by atoms with Crippen LogP contribution in [0.4, 0.5) is 0 Å². The maximum Gasteiger partial charge on any atom is 0.253 e. The number of para-hydroxylation sites is 2. The first-order valence-corrected chi connectivity index (χ1v) is 30.1. The number of aromatic nitrogens is 4. The Morgan fingerprint density at radius 3 is 1.77 bits per heavy atom. The molecule has 5 nitrogen and oxygen atoms in total. The van der Waals surface area contributed by atoms with Crippen molar-refractivity contribution in [2.45, 2.75) is 52.4 Å². The molecule has 14 aromatic rings. The minimum absolute atomic E-state index is 0. The molecule has 0 unspecified atom stereocenters. The van der Waals surface area contributed by atoms with Crippen molar-refractivity contribution in [3.63, 3.8) is 0 Å². The van der Waals surface area contributed by atoms with Crippen LogP contribution < -0.4 is 30.1 Å². The van der Waals surface area contributed by atoms with E-state index in [2.05, 4.69) is 49.6 Å². The van der Waals surface area contributed by atoms with Gasteiger partial charge in [-0.25, -0.2) is 9.55 Å². The molecule has 0 saturated heterocycles. The minimum Gasteiger partial charge on any atom is -0.509 e. The summed E-state index contributed by atoms with van der Waals surface area (Å²) in [6, 6.07) is 33.7. The molecule has 0 spiro atoms. The SMILES string of the molecule is [2H]c1c([2H])c([2H])c(-c2cc3c4c(c2)n(-c2[c-]c(Oc5[c-]c6c(cc5)c5ccccc5n6-c5cc(C(C)(C)C)ccn5)ccc2)c[n+]4-c2c(cccc2C(C)(C)C)-c2cc([Si](c4c([2H])c([2H])c([2H])c([2H])c4[2H])(c4c([2H])c([2H])c([2H])c([2H])c4[2H])c4c([2H])c([2H])c([2H])c([2H])c4[2H])ccc2-c2ccccc2-3)c([2H])c1[2H].[Pt]. The standard InChI is InChI=1S/C80H63N4OSi.Pt/c1-79(2,3)56-45-46-81-76(49-56)84-73-40-22-21-37-67(73)68-43-41-59(51-74(68)84)85-58-28-23-27-57(50-58)82-53-83-77-69(38-24-39-72(77)80(4,5)6)70-52-63(86(60-29-13-8-14-30-60,61-31-15-9-16-32-61)62-33-17-10-18-34-62)42-44-66(70)64-35-19-20-36-65(64)71-47-55(48-75(82)78(71)83)54-25-11-7-12-26-54;/h7-49,52-53H,1-6H3;/q-1;/i7D,8D,9D,10D,11D,12D,13D,14D,15D,16D,17D,18D,25D,26D,29D,30D,31D,32D,33D,34D;. The van der Waals surface area contributed by atoms with E-state index < -0.39 is 150 Å². The second-order valence-electron chi connectivity index (χ2n) is 23.3. The summed E-state index contributed by atoms with van der Waals surface area (Å²) in [5.74, 6) is 1.32. The number of hydrogen-bond donors (Lipinski definition) is 0. The molecule has 0 radical (unpaired) electrons. The molecule has 87 heavy (non-hydrogen) atoms. The number of benzene rings is 11. The van der Waals surface area contributed by atoms with Crippen LogP contribution in [0.2, 0.25) is 0 Å². The fourth-order valence-electron chi connectivity index (χ4n) is 12.3. The van der Waals surface area contributed by atoms with E-state index in [0.717, 1.165) is 27.4 Å². The molecule has 0 aliphatic carbocycles. The van der Waals surface area contributed by atoms with Gasteiger partial charge in [0.25, 0.3) is 6.33 Å². The van der Waals surface area contributed by atoms with Crippen LogP contribution in [-0.2, 0) is 31.9 Å². The van der Waals surface area contributed by atoms with E-state index >= 15 is 0 Å². The maximum absolute atomic E-state index is 9.92. The predicted molar refractivity (Wildman–Crippen MR) is 357 cm³/mol. The van der Waals surface area contributed by atoms with Crippen molar-refractivity contribution in [3.8, 4) is 73.2 Å². The number of nitrogens with zero attached hydrogens (tertiary/aromatic N) is 4. The van der Waals surface area contributed by atoms with Crippen LogP contribution >= 0.6 is 0 Å². The first-order valence-electron chi connectivity index (χ1n) is 38.1. The molecule has 0 bridgehead atoms. The Morgan fingerprint density at radius 1 is 0.483 bits per heavy atom. The topological polar surface area (TPSA) is 35.9 Å². The van der Waals surface area contributed by atoms with E-state index in [1.54, 1.807) is 48.7 Å². The Labute approximate surface area is 552 Å². The maximum atomic E-state index is 9.92. The van der Waals surface area contributed by atoms with Crippen LogP contribution in [0, 0.1) is 12.1 Å². The Kier molecular flexibility index (Phi) is 9.32. The van der Waals surface area contributed by atoms with Gasteiger partial charge in [-0.15, -0.1) is 29.7 Å². The van der Waals surface area contributed by atoms with Crippen molar-refractivity contribution in [3.05, 3.63) is 296 Å². The van der Waals surface area contributed by atoms with E-state index in [-0.39, 0.29) is 48.5 Å². The smallest absolute Gasteiger partial charge is 0.253 e. The number of rotatable bonds is 9. The van der Waals surface area contributed by atoms with Gasteiger partial charge in [-0.05, 0) is 106 Å². The van der Waals surface area contributed by atoms with Crippen molar-refractivity contribution in [2.75, 3.05) is 0 Å². The zero-order chi connectivity index (χ0) is 75.7. The summed E-state index contributed by atoms with van der Waals surface area (Å²) in [4.78, 5) is 4.86. The molecule has 1 aliphatic rings. The fraction of sp³-hybridized carbons (Fsp3) is 0.100. The summed E-state index contributed by atoms with van der Waals surface area (Å²) in [5, 5.41) is -0.140. The van der Waals surface area contributed by atoms with Crippen molar-refractivity contribution < 1.29 is 57.8 Å². The van der Waals surface area contributed by atoms with Gasteiger partial charge < -0.3 is 9.30 Å². The van der Waals surface area contributed by atoms with Crippen molar-refractivity contribution in [1.29, 1.82) is 0 Å². The summed E-state index contributed by atoms with van der Waals surface area (Å²) in [5.41, 5.74) is 7.37. The van der Waals surface area contributed by atoms with E-state index in [1.165, 1.54) is 6.07 Å². The normalized spacial score (nSPS) is 15.4. The van der Waals surface area contributed by atoms with Crippen LogP contribution in [-0.4, -0.2) is 22.2 Å². The molecule has 424 valence electrons. The molecule has 3 aromatic heterocycles. The number of fused-ring (bicyclic) bond motifs is 10. The molecule has 0 amide bonds. The summed E-state index contributed by atoms with van der Waals surface area (Å²) >= 11 is 0. The van der Waals surface area contributed by atoms with Crippen molar-refractivity contribution >= 4 is 61.7 Å². The molecule has 0 fully saturated rings. The second kappa shape index (κ2) is 21.8. The van der Waals surface area contributed by atoms with Gasteiger partial charge in [-0.1, -0.05) is 253 Å². The number of ether oxygens (including phenoxy) is 1. The van der Waals surface area contributed by atoms with Gasteiger partial charge in [0.15, 0.2) is 19.1 Å². The van der Waals surface area contributed by atoms with Gasteiger partial charge in [-0.2, -0.15) is 16.7 Å². The zero-order valence-corrected chi connectivity index (χ0v) is 51.2. The monoisotopic (exact) mass is 1340 g/mol. The van der Waals surface area contributed by atoms with Gasteiger partial charge in [0.05, 0.1) is 27.4 Å². The van der Waals surface area contributed by atoms with Crippen LogP contribution in [0.15, 0.2) is 273 Å². The van der Waals surface area contributed by atoms with E-state index in [9.17, 15) is 19.2 Å². The summed E-state index contributed by atoms with van der Waals surface area (Å²) in [7, 11) is -5.70. The largest absolute Gasteiger partial charge is 0.509 e. The molecule has 0 saturated carbocycles. The minimum atomic E-state index is -5.70. The van der Waals surface area contributed by atoms with Crippen LogP contribution in [0.1, 0.15) is 80.1 Å². The molecular formula is C80H63N4OPtSi-. The molecular weight excluding hydrogens is 1260 g/mol. The molecule has 0 N–H and O–H groups in total. The second-order valence-corrected chi connectivity index (χ2v) is 26.9. The number of imidazole rings is 1. The zero-order valence-electron chi connectivity index (χ0n) is 67.9. The van der Waals surface area contributed by atoms with Crippen LogP contribution in [0.5, 0.6) is 11.5 Å². The van der Waals surface area contributed by atoms with Crippen LogP contribution in [0.25, 0.3) is 94.5 Å². The summed E-state index contributed by atoms with van der Waals surface area (Å²) < 4.78 is 200. The molecule has 0 atom stereocenters. The van der Waals surface area contributed by atoms with Crippen molar-refractivity contribution in [2.24, 2.45) is 0 Å². The number of pyridine rings is 1. The van der Waals surface area contributed by atoms with Gasteiger partial charge >= 0.3 is 0 Å². The summed E-state index contributed by atoms with van der Waals surface area (Å²) in [6.45, 7) is 12.5. The van der Waals surface area contributed by atoms with Gasteiger partial charge in [0, 0.05) is 66.7 Å². The average molecular weight is 1340 g/mol. The Balaban J connectivity index is 0.00000960. The van der Waals surface area contributed by atoms with Gasteiger partial charge in [0.1, 0.15) is 11.5 Å². The Hall–Kier alpha value is -9.45. The van der Waals surface area contributed by atoms with Crippen LogP contribution in [0.3, 0.4) is 0 Å². The van der Waals surface area contributed by atoms with Gasteiger partial charge in [-0.3, -0.25) is 0 Å². The molecule has 15 rings (SSSR count). The van der Waals surface area contributed by atoms with Gasteiger partial charge in [0.2, 0.25) is 0 Å². The van der Waals surface area contributed by atoms with E-state index in [1.807, 2.05) is 115 Å². The number of hydrogen-bond acceptors (Lipinski definition) is 2. The fourth-order valence-corrected chi connectivity index (χ4v) is 16.1. The van der Waals surface area contributed by atoms with E-state index in [0.29, 0.717) is 72.9 Å².